The first-order chi connectivity index (χ1) is 4.20. The summed E-state index contributed by atoms with van der Waals surface area (Å²) < 4.78 is 0.536. The Bertz CT molecular complexity index is 197. The fourth-order valence-corrected chi connectivity index (χ4v) is 0.810. The Labute approximate surface area is 60.8 Å². The summed E-state index contributed by atoms with van der Waals surface area (Å²) >= 11 is 3.04. The molecule has 0 spiro atoms. The maximum absolute atomic E-state index is 10.6. The monoisotopic (exact) mass is 188 g/mol. The number of amides is 1. The number of aliphatic imine (C=N–C) groups is 1. The molecule has 2 N–H and O–H groups in total. The van der Waals surface area contributed by atoms with Gasteiger partial charge in [-0.2, -0.15) is 0 Å². The maximum atomic E-state index is 10.6. The van der Waals surface area contributed by atoms with Crippen molar-refractivity contribution >= 4 is 26.5 Å². The molecule has 1 unspecified atom stereocenters. The molecule has 0 aromatic rings. The minimum absolute atomic E-state index is 0.302. The van der Waals surface area contributed by atoms with Crippen LogP contribution in [0.4, 0.5) is 0 Å². The summed E-state index contributed by atoms with van der Waals surface area (Å²) in [6.45, 7) is 0. The summed E-state index contributed by atoms with van der Waals surface area (Å²) in [5.74, 6) is -0.302. The maximum Gasteiger partial charge on any atom is 0.267 e. The molecule has 3 nitrogen and oxygen atoms in total. The molecule has 1 heterocycles. The van der Waals surface area contributed by atoms with E-state index in [2.05, 4.69) is 20.9 Å². The number of halogens is 1. The van der Waals surface area contributed by atoms with Gasteiger partial charge in [0.15, 0.2) is 0 Å². The van der Waals surface area contributed by atoms with Crippen LogP contribution in [0.5, 0.6) is 0 Å². The predicted octanol–water partition coefficient (Wildman–Crippen LogP) is 0.204. The van der Waals surface area contributed by atoms with Crippen LogP contribution >= 0.6 is 15.9 Å². The van der Waals surface area contributed by atoms with Crippen LogP contribution < -0.4 is 5.73 Å². The molecule has 0 fully saturated rings. The van der Waals surface area contributed by atoms with Gasteiger partial charge in [-0.05, 0) is 22.0 Å². The zero-order chi connectivity index (χ0) is 6.85. The Morgan fingerprint density at radius 3 is 2.89 bits per heavy atom. The molecule has 0 saturated heterocycles. The van der Waals surface area contributed by atoms with Gasteiger partial charge in [0.1, 0.15) is 10.7 Å². The Kier molecular flexibility index (Phi) is 1.78. The van der Waals surface area contributed by atoms with E-state index in [0.717, 1.165) is 0 Å². The molecule has 0 aromatic heterocycles. The van der Waals surface area contributed by atoms with E-state index < -0.39 is 6.04 Å². The third-order valence-electron chi connectivity index (χ3n) is 0.943. The van der Waals surface area contributed by atoms with Crippen molar-refractivity contribution in [3.05, 3.63) is 12.2 Å². The van der Waals surface area contributed by atoms with Crippen molar-refractivity contribution in [2.75, 3.05) is 0 Å². The van der Waals surface area contributed by atoms with Gasteiger partial charge < -0.3 is 5.73 Å². The number of nitrogens with two attached hydrogens (primary N) is 1. The second-order valence-electron chi connectivity index (χ2n) is 1.66. The molecule has 0 aromatic carbocycles. The van der Waals surface area contributed by atoms with E-state index >= 15 is 0 Å². The van der Waals surface area contributed by atoms with E-state index in [1.165, 1.54) is 0 Å². The topological polar surface area (TPSA) is 55.4 Å². The standard InChI is InChI=1S/C5H5BrN2O/c6-4-2-1-3(7)5(9)8-4/h1-3H,7H2. The highest BCUT2D eigenvalue weighted by Crippen LogP contribution is 2.01. The van der Waals surface area contributed by atoms with Crippen LogP contribution in [0.25, 0.3) is 0 Å². The van der Waals surface area contributed by atoms with Crippen LogP contribution in [0.3, 0.4) is 0 Å². The van der Waals surface area contributed by atoms with E-state index in [1.54, 1.807) is 12.2 Å². The van der Waals surface area contributed by atoms with Crippen molar-refractivity contribution in [1.29, 1.82) is 0 Å². The van der Waals surface area contributed by atoms with Crippen LogP contribution in [-0.4, -0.2) is 16.6 Å². The van der Waals surface area contributed by atoms with E-state index in [-0.39, 0.29) is 5.91 Å². The third kappa shape index (κ3) is 1.46. The predicted molar refractivity (Wildman–Crippen MR) is 38.5 cm³/mol. The van der Waals surface area contributed by atoms with E-state index in [9.17, 15) is 4.79 Å². The highest BCUT2D eigenvalue weighted by molar-refractivity contribution is 9.18. The van der Waals surface area contributed by atoms with Gasteiger partial charge in [-0.25, -0.2) is 4.99 Å². The summed E-state index contributed by atoms with van der Waals surface area (Å²) in [4.78, 5) is 14.2. The summed E-state index contributed by atoms with van der Waals surface area (Å²) in [6.07, 6.45) is 3.26. The van der Waals surface area contributed by atoms with Gasteiger partial charge in [0.2, 0.25) is 0 Å². The van der Waals surface area contributed by atoms with Gasteiger partial charge in [0.05, 0.1) is 0 Å². The second-order valence-corrected chi connectivity index (χ2v) is 2.47. The molecule has 0 aliphatic carbocycles. The van der Waals surface area contributed by atoms with Crippen molar-refractivity contribution in [3.63, 3.8) is 0 Å². The minimum atomic E-state index is -0.550. The number of hydrogen-bond donors (Lipinski definition) is 1. The Morgan fingerprint density at radius 1 is 1.78 bits per heavy atom. The molecule has 48 valence electrons. The molecule has 4 heteroatoms. The normalized spacial score (nSPS) is 26.2. The number of nitrogens with zero attached hydrogens (tertiary/aromatic N) is 1. The lowest BCUT2D eigenvalue weighted by Gasteiger charge is -2.04. The average Bonchev–Trinajstić information content (AvgIpc) is 1.80. The molecule has 0 radical (unpaired) electrons. The Balaban J connectivity index is 2.82. The number of allylic oxidation sites excluding steroid dienone is 1. The number of carbonyl (C=O) groups excluding carboxylic acids is 1. The SMILES string of the molecule is NC1C=CC(Br)=NC1=O. The molecule has 0 saturated carbocycles. The highest BCUT2D eigenvalue weighted by Gasteiger charge is 2.12. The summed E-state index contributed by atoms with van der Waals surface area (Å²) in [5, 5.41) is 0. The van der Waals surface area contributed by atoms with Crippen molar-refractivity contribution in [2.24, 2.45) is 10.7 Å². The van der Waals surface area contributed by atoms with Gasteiger partial charge in [-0.3, -0.25) is 4.79 Å². The van der Waals surface area contributed by atoms with Gasteiger partial charge in [0, 0.05) is 0 Å². The summed E-state index contributed by atoms with van der Waals surface area (Å²) in [5.41, 5.74) is 5.28. The molecule has 1 aliphatic rings. The first kappa shape index (κ1) is 6.64. The van der Waals surface area contributed by atoms with E-state index in [0.29, 0.717) is 4.62 Å². The molecule has 0 bridgehead atoms. The lowest BCUT2D eigenvalue weighted by atomic mass is 10.2. The van der Waals surface area contributed by atoms with Gasteiger partial charge in [0.25, 0.3) is 5.91 Å². The van der Waals surface area contributed by atoms with E-state index in [4.69, 9.17) is 5.73 Å². The molecule has 1 atom stereocenters. The average molecular weight is 189 g/mol. The number of rotatable bonds is 0. The first-order valence-electron chi connectivity index (χ1n) is 2.42. The lowest BCUT2D eigenvalue weighted by Crippen LogP contribution is -2.29. The quantitative estimate of drug-likeness (QED) is 0.591. The van der Waals surface area contributed by atoms with Crippen molar-refractivity contribution in [3.8, 4) is 0 Å². The zero-order valence-electron chi connectivity index (χ0n) is 4.54. The third-order valence-corrected chi connectivity index (χ3v) is 1.38. The van der Waals surface area contributed by atoms with Crippen LogP contribution in [0.2, 0.25) is 0 Å². The second kappa shape index (κ2) is 2.41. The number of hydrogen-bond acceptors (Lipinski definition) is 2. The number of dihydropyridines is 1. The van der Waals surface area contributed by atoms with Crippen LogP contribution in [0, 0.1) is 0 Å². The van der Waals surface area contributed by atoms with Crippen LogP contribution in [-0.2, 0) is 4.79 Å². The summed E-state index contributed by atoms with van der Waals surface area (Å²) in [6, 6.07) is -0.550. The van der Waals surface area contributed by atoms with Crippen LogP contribution in [0.1, 0.15) is 0 Å². The molecule has 1 aliphatic heterocycles. The highest BCUT2D eigenvalue weighted by atomic mass is 79.9. The van der Waals surface area contributed by atoms with Crippen molar-refractivity contribution in [2.45, 2.75) is 6.04 Å². The summed E-state index contributed by atoms with van der Waals surface area (Å²) in [7, 11) is 0. The molecule has 9 heavy (non-hydrogen) atoms. The molecular formula is C5H5BrN2O. The minimum Gasteiger partial charge on any atom is -0.317 e. The first-order valence-corrected chi connectivity index (χ1v) is 3.21. The largest absolute Gasteiger partial charge is 0.317 e. The van der Waals surface area contributed by atoms with Gasteiger partial charge in [-0.15, -0.1) is 0 Å². The van der Waals surface area contributed by atoms with E-state index in [1.807, 2.05) is 0 Å². The Hall–Kier alpha value is -0.480. The molecule has 1 rings (SSSR count). The molecule has 1 amide bonds. The fraction of sp³-hybridized carbons (Fsp3) is 0.200. The molecular weight excluding hydrogens is 184 g/mol. The van der Waals surface area contributed by atoms with Gasteiger partial charge in [-0.1, -0.05) is 6.08 Å². The Morgan fingerprint density at radius 2 is 2.44 bits per heavy atom. The number of carbonyl (C=O) groups is 1. The van der Waals surface area contributed by atoms with Crippen molar-refractivity contribution in [1.82, 2.24) is 0 Å². The van der Waals surface area contributed by atoms with Crippen molar-refractivity contribution < 1.29 is 4.79 Å². The lowest BCUT2D eigenvalue weighted by molar-refractivity contribution is -0.118. The van der Waals surface area contributed by atoms with Crippen LogP contribution in [0.15, 0.2) is 17.1 Å². The smallest absolute Gasteiger partial charge is 0.267 e. The van der Waals surface area contributed by atoms with Gasteiger partial charge >= 0.3 is 0 Å². The zero-order valence-corrected chi connectivity index (χ0v) is 6.13. The fourth-order valence-electron chi connectivity index (χ4n) is 0.482.